The lowest BCUT2D eigenvalue weighted by atomic mass is 10.0. The number of thiophene rings is 1. The molecule has 0 fully saturated rings. The lowest BCUT2D eigenvalue weighted by molar-refractivity contribution is 0.404. The minimum absolute atomic E-state index is 0.0405. The predicted molar refractivity (Wildman–Crippen MR) is 80.5 cm³/mol. The van der Waals surface area contributed by atoms with Crippen molar-refractivity contribution in [2.24, 2.45) is 0 Å². The lowest BCUT2D eigenvalue weighted by Crippen LogP contribution is -2.19. The molecule has 19 heavy (non-hydrogen) atoms. The Bertz CT molecular complexity index is 558. The monoisotopic (exact) mass is 343 g/mol. The van der Waals surface area contributed by atoms with E-state index in [1.165, 1.54) is 6.07 Å². The van der Waals surface area contributed by atoms with E-state index in [0.717, 1.165) is 15.1 Å². The topological polar surface area (TPSA) is 21.3 Å². The molecule has 1 unspecified atom stereocenters. The minimum Gasteiger partial charge on any atom is -0.496 e. The summed E-state index contributed by atoms with van der Waals surface area (Å²) in [5.41, 5.74) is 0.684. The molecule has 2 nitrogen and oxygen atoms in total. The van der Waals surface area contributed by atoms with E-state index >= 15 is 0 Å². The molecule has 2 aromatic rings. The minimum atomic E-state index is -0.182. The van der Waals surface area contributed by atoms with Gasteiger partial charge in [0.15, 0.2) is 0 Å². The SMILES string of the molecule is CNC(Cc1cc(Br)ccc1F)c1sccc1OC. The van der Waals surface area contributed by atoms with Crippen LogP contribution in [-0.2, 0) is 6.42 Å². The van der Waals surface area contributed by atoms with Crippen LogP contribution in [-0.4, -0.2) is 14.2 Å². The number of likely N-dealkylation sites (N-methyl/N-ethyl adjacent to an activating group) is 1. The third-order valence-corrected chi connectivity index (χ3v) is 4.48. The van der Waals surface area contributed by atoms with Crippen molar-refractivity contribution in [2.75, 3.05) is 14.2 Å². The van der Waals surface area contributed by atoms with Crippen molar-refractivity contribution in [3.63, 3.8) is 0 Å². The molecule has 0 spiro atoms. The van der Waals surface area contributed by atoms with Crippen LogP contribution in [0.4, 0.5) is 4.39 Å². The van der Waals surface area contributed by atoms with Gasteiger partial charge in [0, 0.05) is 10.5 Å². The van der Waals surface area contributed by atoms with Crippen LogP contribution in [0.5, 0.6) is 5.75 Å². The van der Waals surface area contributed by atoms with Gasteiger partial charge in [-0.25, -0.2) is 4.39 Å². The predicted octanol–water partition coefficient (Wildman–Crippen LogP) is 4.16. The number of nitrogens with one attached hydrogen (secondary N) is 1. The van der Waals surface area contributed by atoms with Crippen LogP contribution in [0.15, 0.2) is 34.1 Å². The van der Waals surface area contributed by atoms with E-state index in [-0.39, 0.29) is 11.9 Å². The van der Waals surface area contributed by atoms with E-state index in [1.54, 1.807) is 24.5 Å². The third kappa shape index (κ3) is 3.35. The van der Waals surface area contributed by atoms with Gasteiger partial charge in [0.25, 0.3) is 0 Å². The maximum atomic E-state index is 13.8. The van der Waals surface area contributed by atoms with Gasteiger partial charge in [0.05, 0.1) is 12.0 Å². The van der Waals surface area contributed by atoms with Crippen molar-refractivity contribution in [3.05, 3.63) is 50.4 Å². The number of methoxy groups -OCH3 is 1. The average Bonchev–Trinajstić information content (AvgIpc) is 2.88. The van der Waals surface area contributed by atoms with E-state index in [4.69, 9.17) is 4.74 Å². The summed E-state index contributed by atoms with van der Waals surface area (Å²) in [5.74, 6) is 0.665. The molecule has 1 aromatic carbocycles. The first-order valence-electron chi connectivity index (χ1n) is 5.88. The molecule has 0 aliphatic heterocycles. The van der Waals surface area contributed by atoms with Crippen molar-refractivity contribution < 1.29 is 9.13 Å². The number of rotatable bonds is 5. The van der Waals surface area contributed by atoms with Gasteiger partial charge in [-0.2, -0.15) is 0 Å². The fourth-order valence-electron chi connectivity index (χ4n) is 1.98. The number of ether oxygens (including phenoxy) is 1. The van der Waals surface area contributed by atoms with Gasteiger partial charge in [-0.3, -0.25) is 0 Å². The molecule has 5 heteroatoms. The highest BCUT2D eigenvalue weighted by molar-refractivity contribution is 9.10. The molecule has 0 saturated carbocycles. The number of hydrogen-bond acceptors (Lipinski definition) is 3. The zero-order valence-corrected chi connectivity index (χ0v) is 13.1. The molecule has 1 N–H and O–H groups in total. The first-order valence-corrected chi connectivity index (χ1v) is 7.55. The smallest absolute Gasteiger partial charge is 0.134 e. The Morgan fingerprint density at radius 3 is 2.89 bits per heavy atom. The second kappa shape index (κ2) is 6.50. The molecular weight excluding hydrogens is 329 g/mol. The van der Waals surface area contributed by atoms with Gasteiger partial charge in [0.2, 0.25) is 0 Å². The van der Waals surface area contributed by atoms with E-state index in [0.29, 0.717) is 12.0 Å². The average molecular weight is 344 g/mol. The van der Waals surface area contributed by atoms with Crippen LogP contribution in [0, 0.1) is 5.82 Å². The molecule has 0 bridgehead atoms. The molecule has 1 heterocycles. The van der Waals surface area contributed by atoms with Crippen molar-refractivity contribution >= 4 is 27.3 Å². The highest BCUT2D eigenvalue weighted by Gasteiger charge is 2.18. The molecular formula is C14H15BrFNOS. The molecule has 102 valence electrons. The summed E-state index contributed by atoms with van der Waals surface area (Å²) >= 11 is 4.99. The summed E-state index contributed by atoms with van der Waals surface area (Å²) in [6.07, 6.45) is 0.582. The molecule has 2 rings (SSSR count). The Kier molecular flexibility index (Phi) is 4.96. The summed E-state index contributed by atoms with van der Waals surface area (Å²) in [4.78, 5) is 1.09. The zero-order valence-electron chi connectivity index (χ0n) is 10.7. The Morgan fingerprint density at radius 1 is 1.42 bits per heavy atom. The van der Waals surface area contributed by atoms with Gasteiger partial charge >= 0.3 is 0 Å². The van der Waals surface area contributed by atoms with Crippen LogP contribution in [0.1, 0.15) is 16.5 Å². The van der Waals surface area contributed by atoms with Crippen molar-refractivity contribution in [3.8, 4) is 5.75 Å². The van der Waals surface area contributed by atoms with Gasteiger partial charge in [-0.15, -0.1) is 11.3 Å². The zero-order chi connectivity index (χ0) is 13.8. The van der Waals surface area contributed by atoms with Crippen LogP contribution >= 0.6 is 27.3 Å². The van der Waals surface area contributed by atoms with E-state index < -0.39 is 0 Å². The van der Waals surface area contributed by atoms with Crippen molar-refractivity contribution in [1.29, 1.82) is 0 Å². The van der Waals surface area contributed by atoms with Crippen molar-refractivity contribution in [1.82, 2.24) is 5.32 Å². The third-order valence-electron chi connectivity index (χ3n) is 2.97. The Labute approximate surface area is 124 Å². The van der Waals surface area contributed by atoms with Gasteiger partial charge in [0.1, 0.15) is 11.6 Å². The van der Waals surface area contributed by atoms with Gasteiger partial charge in [-0.1, -0.05) is 15.9 Å². The fraction of sp³-hybridized carbons (Fsp3) is 0.286. The van der Waals surface area contributed by atoms with E-state index in [9.17, 15) is 4.39 Å². The Hall–Kier alpha value is -0.910. The normalized spacial score (nSPS) is 12.4. The number of halogens is 2. The van der Waals surface area contributed by atoms with Crippen LogP contribution < -0.4 is 10.1 Å². The first kappa shape index (κ1) is 14.5. The molecule has 0 aliphatic rings. The van der Waals surface area contributed by atoms with Gasteiger partial charge in [-0.05, 0) is 48.7 Å². The number of benzene rings is 1. The standard InChI is InChI=1S/C14H15BrFNOS/c1-17-12(14-13(18-2)5-6-19-14)8-9-7-10(15)3-4-11(9)16/h3-7,12,17H,8H2,1-2H3. The molecule has 1 aromatic heterocycles. The Balaban J connectivity index is 2.26. The first-order chi connectivity index (χ1) is 9.15. The maximum Gasteiger partial charge on any atom is 0.134 e. The quantitative estimate of drug-likeness (QED) is 0.879. The second-order valence-corrected chi connectivity index (χ2v) is 6.00. The van der Waals surface area contributed by atoms with Crippen molar-refractivity contribution in [2.45, 2.75) is 12.5 Å². The van der Waals surface area contributed by atoms with E-state index in [1.807, 2.05) is 24.6 Å². The second-order valence-electron chi connectivity index (χ2n) is 4.13. The number of hydrogen-bond donors (Lipinski definition) is 1. The molecule has 1 atom stereocenters. The van der Waals surface area contributed by atoms with Crippen LogP contribution in [0.3, 0.4) is 0 Å². The van der Waals surface area contributed by atoms with Crippen LogP contribution in [0.2, 0.25) is 0 Å². The highest BCUT2D eigenvalue weighted by Crippen LogP contribution is 2.33. The molecule has 0 aliphatic carbocycles. The van der Waals surface area contributed by atoms with E-state index in [2.05, 4.69) is 21.2 Å². The summed E-state index contributed by atoms with van der Waals surface area (Å²) in [5, 5.41) is 5.20. The fourth-order valence-corrected chi connectivity index (χ4v) is 3.36. The summed E-state index contributed by atoms with van der Waals surface area (Å²) in [6, 6.07) is 6.98. The van der Waals surface area contributed by atoms with Crippen LogP contribution in [0.25, 0.3) is 0 Å². The lowest BCUT2D eigenvalue weighted by Gasteiger charge is -2.17. The Morgan fingerprint density at radius 2 is 2.21 bits per heavy atom. The molecule has 0 amide bonds. The maximum absolute atomic E-state index is 13.8. The van der Waals surface area contributed by atoms with Gasteiger partial charge < -0.3 is 10.1 Å². The molecule has 0 radical (unpaired) electrons. The largest absolute Gasteiger partial charge is 0.496 e. The summed E-state index contributed by atoms with van der Waals surface area (Å²) in [7, 11) is 3.53. The summed E-state index contributed by atoms with van der Waals surface area (Å²) in [6.45, 7) is 0. The molecule has 0 saturated heterocycles. The highest BCUT2D eigenvalue weighted by atomic mass is 79.9. The summed E-state index contributed by atoms with van der Waals surface area (Å²) < 4.78 is 20.0.